The van der Waals surface area contributed by atoms with Gasteiger partial charge in [0.05, 0.1) is 4.88 Å². The number of hydrogen-bond acceptors (Lipinski definition) is 3. The Hall–Kier alpha value is -0.710. The molecule has 88 valence electrons. The third kappa shape index (κ3) is 3.15. The van der Waals surface area contributed by atoms with E-state index in [1.807, 2.05) is 17.5 Å². The third-order valence-corrected chi connectivity index (χ3v) is 4.99. The first-order chi connectivity index (χ1) is 8.06. The highest BCUT2D eigenvalue weighted by atomic mass is 79.9. The number of ketones is 1. The average Bonchev–Trinajstić information content (AvgIpc) is 2.82. The zero-order valence-electron chi connectivity index (χ0n) is 9.49. The first-order valence-corrected chi connectivity index (χ1v) is 7.58. The van der Waals surface area contributed by atoms with Gasteiger partial charge in [-0.1, -0.05) is 0 Å². The van der Waals surface area contributed by atoms with E-state index < -0.39 is 0 Å². The Kier molecular flexibility index (Phi) is 3.97. The summed E-state index contributed by atoms with van der Waals surface area (Å²) >= 11 is 6.56. The number of carbonyl (C=O) groups excluding carboxylic acids is 1. The highest BCUT2D eigenvalue weighted by Gasteiger charge is 2.05. The summed E-state index contributed by atoms with van der Waals surface area (Å²) < 4.78 is 0.960. The van der Waals surface area contributed by atoms with Crippen LogP contribution in [0.15, 0.2) is 28.1 Å². The number of allylic oxidation sites excluding steroid dienone is 1. The van der Waals surface area contributed by atoms with Crippen LogP contribution in [-0.2, 0) is 0 Å². The lowest BCUT2D eigenvalue weighted by Crippen LogP contribution is -1.88. The molecule has 0 radical (unpaired) electrons. The van der Waals surface area contributed by atoms with Crippen LogP contribution in [0.5, 0.6) is 0 Å². The van der Waals surface area contributed by atoms with Gasteiger partial charge >= 0.3 is 0 Å². The third-order valence-electron chi connectivity index (χ3n) is 2.30. The Balaban J connectivity index is 2.16. The lowest BCUT2D eigenvalue weighted by atomic mass is 10.2. The second-order valence-electron chi connectivity index (χ2n) is 3.70. The molecule has 1 nitrogen and oxygen atoms in total. The molecule has 0 aliphatic rings. The van der Waals surface area contributed by atoms with Gasteiger partial charge in [-0.05, 0) is 59.6 Å². The minimum atomic E-state index is 0.0592. The maximum Gasteiger partial charge on any atom is 0.195 e. The van der Waals surface area contributed by atoms with Crippen LogP contribution < -0.4 is 0 Å². The largest absolute Gasteiger partial charge is 0.288 e. The number of carbonyl (C=O) groups is 1. The Morgan fingerprint density at radius 1 is 1.35 bits per heavy atom. The van der Waals surface area contributed by atoms with Gasteiger partial charge in [0.2, 0.25) is 0 Å². The molecule has 0 aliphatic heterocycles. The van der Waals surface area contributed by atoms with Crippen molar-refractivity contribution in [2.45, 2.75) is 13.8 Å². The summed E-state index contributed by atoms with van der Waals surface area (Å²) in [6.45, 7) is 4.15. The topological polar surface area (TPSA) is 17.1 Å². The quantitative estimate of drug-likeness (QED) is 0.567. The SMILES string of the molecule is Cc1cc(/C=C/C(=O)c2cc(Br)cs2)c(C)s1. The molecule has 0 saturated heterocycles. The molecule has 2 heterocycles. The summed E-state index contributed by atoms with van der Waals surface area (Å²) in [5.74, 6) is 0.0592. The fraction of sp³-hybridized carbons (Fsp3) is 0.154. The number of aryl methyl sites for hydroxylation is 2. The van der Waals surface area contributed by atoms with E-state index >= 15 is 0 Å². The number of thiophene rings is 2. The Morgan fingerprint density at radius 3 is 2.65 bits per heavy atom. The van der Waals surface area contributed by atoms with Crippen molar-refractivity contribution in [2.75, 3.05) is 0 Å². The molecule has 0 amide bonds. The van der Waals surface area contributed by atoms with Crippen molar-refractivity contribution in [3.8, 4) is 0 Å². The molecule has 0 aliphatic carbocycles. The van der Waals surface area contributed by atoms with Crippen LogP contribution in [0, 0.1) is 13.8 Å². The molecule has 2 aromatic rings. The molecule has 2 rings (SSSR count). The van der Waals surface area contributed by atoms with E-state index in [-0.39, 0.29) is 5.78 Å². The monoisotopic (exact) mass is 326 g/mol. The fourth-order valence-electron chi connectivity index (χ4n) is 1.51. The first-order valence-electron chi connectivity index (χ1n) is 5.10. The molecule has 0 atom stereocenters. The molecule has 0 spiro atoms. The summed E-state index contributed by atoms with van der Waals surface area (Å²) in [6, 6.07) is 3.96. The van der Waals surface area contributed by atoms with Crippen molar-refractivity contribution in [1.29, 1.82) is 0 Å². The summed E-state index contributed by atoms with van der Waals surface area (Å²) in [5, 5.41) is 1.92. The van der Waals surface area contributed by atoms with E-state index in [0.717, 1.165) is 14.9 Å². The standard InChI is InChI=1S/C13H11BrOS2/c1-8-5-10(9(2)17-8)3-4-12(15)13-6-11(14)7-16-13/h3-7H,1-2H3/b4-3+. The maximum atomic E-state index is 11.9. The van der Waals surface area contributed by atoms with E-state index in [4.69, 9.17) is 0 Å². The van der Waals surface area contributed by atoms with Crippen LogP contribution in [0.25, 0.3) is 6.08 Å². The first kappa shape index (κ1) is 12.7. The number of hydrogen-bond donors (Lipinski definition) is 0. The Bertz CT molecular complexity index is 578. The van der Waals surface area contributed by atoms with Crippen LogP contribution in [0.1, 0.15) is 25.0 Å². The van der Waals surface area contributed by atoms with Gasteiger partial charge in [0.15, 0.2) is 5.78 Å². The zero-order chi connectivity index (χ0) is 12.4. The van der Waals surface area contributed by atoms with Crippen LogP contribution in [-0.4, -0.2) is 5.78 Å². The molecule has 4 heteroatoms. The highest BCUT2D eigenvalue weighted by molar-refractivity contribution is 9.10. The summed E-state index contributed by atoms with van der Waals surface area (Å²) in [6.07, 6.45) is 3.54. The van der Waals surface area contributed by atoms with Crippen LogP contribution >= 0.6 is 38.6 Å². The molecular formula is C13H11BrOS2. The van der Waals surface area contributed by atoms with Gasteiger partial charge in [-0.15, -0.1) is 22.7 Å². The molecule has 2 aromatic heterocycles. The molecule has 17 heavy (non-hydrogen) atoms. The second kappa shape index (κ2) is 5.29. The summed E-state index contributed by atoms with van der Waals surface area (Å²) in [4.78, 5) is 15.1. The zero-order valence-corrected chi connectivity index (χ0v) is 12.7. The van der Waals surface area contributed by atoms with Gasteiger partial charge in [-0.25, -0.2) is 0 Å². The second-order valence-corrected chi connectivity index (χ2v) is 6.98. The van der Waals surface area contributed by atoms with Crippen molar-refractivity contribution in [2.24, 2.45) is 0 Å². The Labute approximate surface area is 117 Å². The van der Waals surface area contributed by atoms with E-state index in [9.17, 15) is 4.79 Å². The van der Waals surface area contributed by atoms with Gasteiger partial charge in [0.1, 0.15) is 0 Å². The van der Waals surface area contributed by atoms with E-state index in [2.05, 4.69) is 35.8 Å². The van der Waals surface area contributed by atoms with E-state index in [1.165, 1.54) is 21.1 Å². The summed E-state index contributed by atoms with van der Waals surface area (Å²) in [5.41, 5.74) is 1.14. The lowest BCUT2D eigenvalue weighted by Gasteiger charge is -1.90. The average molecular weight is 327 g/mol. The highest BCUT2D eigenvalue weighted by Crippen LogP contribution is 2.23. The van der Waals surface area contributed by atoms with Crippen molar-refractivity contribution in [1.82, 2.24) is 0 Å². The van der Waals surface area contributed by atoms with Crippen molar-refractivity contribution in [3.63, 3.8) is 0 Å². The molecule has 0 unspecified atom stereocenters. The van der Waals surface area contributed by atoms with E-state index in [0.29, 0.717) is 0 Å². The minimum Gasteiger partial charge on any atom is -0.288 e. The smallest absolute Gasteiger partial charge is 0.195 e. The lowest BCUT2D eigenvalue weighted by molar-refractivity contribution is 0.105. The summed E-state index contributed by atoms with van der Waals surface area (Å²) in [7, 11) is 0. The van der Waals surface area contributed by atoms with Gasteiger partial charge in [0, 0.05) is 19.6 Å². The van der Waals surface area contributed by atoms with Crippen molar-refractivity contribution < 1.29 is 4.79 Å². The van der Waals surface area contributed by atoms with Gasteiger partial charge in [-0.2, -0.15) is 0 Å². The normalized spacial score (nSPS) is 11.2. The molecule has 0 aromatic carbocycles. The van der Waals surface area contributed by atoms with Crippen molar-refractivity contribution >= 4 is 50.5 Å². The minimum absolute atomic E-state index is 0.0592. The number of halogens is 1. The predicted molar refractivity (Wildman–Crippen MR) is 79.2 cm³/mol. The fourth-order valence-corrected chi connectivity index (χ4v) is 3.77. The molecule has 0 N–H and O–H groups in total. The van der Waals surface area contributed by atoms with Crippen molar-refractivity contribution in [3.05, 3.63) is 48.3 Å². The molecule has 0 fully saturated rings. The molecule has 0 bridgehead atoms. The maximum absolute atomic E-state index is 11.9. The van der Waals surface area contributed by atoms with Gasteiger partial charge in [0.25, 0.3) is 0 Å². The van der Waals surface area contributed by atoms with E-state index in [1.54, 1.807) is 17.4 Å². The van der Waals surface area contributed by atoms with Crippen LogP contribution in [0.3, 0.4) is 0 Å². The number of rotatable bonds is 3. The van der Waals surface area contributed by atoms with Crippen LogP contribution in [0.2, 0.25) is 0 Å². The van der Waals surface area contributed by atoms with Gasteiger partial charge in [-0.3, -0.25) is 4.79 Å². The Morgan fingerprint density at radius 2 is 2.12 bits per heavy atom. The van der Waals surface area contributed by atoms with Crippen LogP contribution in [0.4, 0.5) is 0 Å². The van der Waals surface area contributed by atoms with Gasteiger partial charge < -0.3 is 0 Å². The predicted octanol–water partition coefficient (Wildman–Crippen LogP) is 5.09. The molecular weight excluding hydrogens is 316 g/mol. The molecule has 0 saturated carbocycles.